The Morgan fingerprint density at radius 3 is 2.95 bits per heavy atom. The molecule has 0 aliphatic heterocycles. The minimum atomic E-state index is 0.677. The first-order valence-corrected chi connectivity index (χ1v) is 7.24. The summed E-state index contributed by atoms with van der Waals surface area (Å²) in [5, 5.41) is 4.04. The fourth-order valence-electron chi connectivity index (χ4n) is 1.79. The van der Waals surface area contributed by atoms with Crippen LogP contribution in [0.3, 0.4) is 0 Å². The molecule has 0 saturated carbocycles. The summed E-state index contributed by atoms with van der Waals surface area (Å²) in [4.78, 5) is 8.38. The Morgan fingerprint density at radius 1 is 1.37 bits per heavy atom. The molecule has 19 heavy (non-hydrogen) atoms. The average molecular weight is 341 g/mol. The van der Waals surface area contributed by atoms with Crippen LogP contribution in [0.1, 0.15) is 16.8 Å². The van der Waals surface area contributed by atoms with Crippen LogP contribution in [0.25, 0.3) is 0 Å². The molecule has 0 spiro atoms. The van der Waals surface area contributed by atoms with E-state index in [1.807, 2.05) is 18.5 Å². The zero-order valence-corrected chi connectivity index (χ0v) is 13.0. The summed E-state index contributed by atoms with van der Waals surface area (Å²) in [5.41, 5.74) is 3.41. The van der Waals surface area contributed by atoms with Crippen molar-refractivity contribution in [2.75, 3.05) is 6.54 Å². The van der Waals surface area contributed by atoms with Crippen LogP contribution in [-0.4, -0.2) is 16.5 Å². The minimum absolute atomic E-state index is 0.677. The Kier molecular flexibility index (Phi) is 5.31. The highest BCUT2D eigenvalue weighted by molar-refractivity contribution is 9.10. The maximum atomic E-state index is 6.11. The average Bonchev–Trinajstić information content (AvgIpc) is 2.38. The molecule has 0 radical (unpaired) electrons. The Morgan fingerprint density at radius 2 is 2.21 bits per heavy atom. The normalized spacial score (nSPS) is 10.7. The third kappa shape index (κ3) is 4.27. The van der Waals surface area contributed by atoms with Crippen molar-refractivity contribution < 1.29 is 0 Å². The third-order valence-corrected chi connectivity index (χ3v) is 3.64. The van der Waals surface area contributed by atoms with Gasteiger partial charge < -0.3 is 5.32 Å². The zero-order chi connectivity index (χ0) is 13.7. The second-order valence-corrected chi connectivity index (χ2v) is 5.63. The monoisotopic (exact) mass is 339 g/mol. The van der Waals surface area contributed by atoms with E-state index in [1.165, 1.54) is 11.1 Å². The van der Waals surface area contributed by atoms with Gasteiger partial charge in [-0.05, 0) is 59.1 Å². The predicted molar refractivity (Wildman–Crippen MR) is 81.3 cm³/mol. The maximum absolute atomic E-state index is 6.11. The number of aromatic nitrogens is 2. The standard InChI is InChI=1S/C14H15BrClN3/c1-10-7-17-4-2-11(10)3-5-18-9-14-13(16)6-12(15)8-19-14/h2,4,6-8,18H,3,5,9H2,1H3. The van der Waals surface area contributed by atoms with Gasteiger partial charge >= 0.3 is 0 Å². The van der Waals surface area contributed by atoms with Gasteiger partial charge in [0.1, 0.15) is 0 Å². The fraction of sp³-hybridized carbons (Fsp3) is 0.286. The van der Waals surface area contributed by atoms with Crippen LogP contribution in [0.2, 0.25) is 5.02 Å². The number of nitrogens with zero attached hydrogens (tertiary/aromatic N) is 2. The summed E-state index contributed by atoms with van der Waals surface area (Å²) in [6.45, 7) is 3.64. The second-order valence-electron chi connectivity index (χ2n) is 4.31. The van der Waals surface area contributed by atoms with Gasteiger partial charge in [-0.3, -0.25) is 9.97 Å². The molecule has 0 bridgehead atoms. The molecule has 0 saturated heterocycles. The molecule has 100 valence electrons. The molecule has 0 aliphatic rings. The predicted octanol–water partition coefficient (Wildman–Crippen LogP) is 3.53. The number of hydrogen-bond acceptors (Lipinski definition) is 3. The van der Waals surface area contributed by atoms with Crippen molar-refractivity contribution in [3.63, 3.8) is 0 Å². The van der Waals surface area contributed by atoms with Gasteiger partial charge in [0.2, 0.25) is 0 Å². The molecule has 5 heteroatoms. The van der Waals surface area contributed by atoms with Gasteiger partial charge in [0, 0.05) is 29.6 Å². The fourth-order valence-corrected chi connectivity index (χ4v) is 2.48. The Labute approximate surface area is 126 Å². The number of hydrogen-bond donors (Lipinski definition) is 1. The van der Waals surface area contributed by atoms with E-state index in [1.54, 1.807) is 6.20 Å². The third-order valence-electron chi connectivity index (χ3n) is 2.88. The summed E-state index contributed by atoms with van der Waals surface area (Å²) < 4.78 is 0.897. The highest BCUT2D eigenvalue weighted by atomic mass is 79.9. The quantitative estimate of drug-likeness (QED) is 0.846. The molecule has 0 aromatic carbocycles. The first-order chi connectivity index (χ1) is 9.16. The number of aryl methyl sites for hydroxylation is 1. The van der Waals surface area contributed by atoms with Gasteiger partial charge in [0.25, 0.3) is 0 Å². The smallest absolute Gasteiger partial charge is 0.0728 e. The van der Waals surface area contributed by atoms with Crippen molar-refractivity contribution in [3.8, 4) is 0 Å². The first kappa shape index (κ1) is 14.4. The van der Waals surface area contributed by atoms with Crippen LogP contribution < -0.4 is 5.32 Å². The molecule has 2 aromatic rings. The van der Waals surface area contributed by atoms with E-state index in [-0.39, 0.29) is 0 Å². The molecular weight excluding hydrogens is 326 g/mol. The first-order valence-electron chi connectivity index (χ1n) is 6.07. The topological polar surface area (TPSA) is 37.8 Å². The summed E-state index contributed by atoms with van der Waals surface area (Å²) in [6.07, 6.45) is 6.45. The summed E-state index contributed by atoms with van der Waals surface area (Å²) in [6, 6.07) is 3.92. The molecule has 0 unspecified atom stereocenters. The van der Waals surface area contributed by atoms with Gasteiger partial charge in [0.15, 0.2) is 0 Å². The molecular formula is C14H15BrClN3. The lowest BCUT2D eigenvalue weighted by Crippen LogP contribution is -2.18. The van der Waals surface area contributed by atoms with Crippen LogP contribution in [0, 0.1) is 6.92 Å². The van der Waals surface area contributed by atoms with E-state index in [0.717, 1.165) is 23.1 Å². The van der Waals surface area contributed by atoms with Gasteiger partial charge in [-0.1, -0.05) is 11.6 Å². The van der Waals surface area contributed by atoms with Crippen LogP contribution in [-0.2, 0) is 13.0 Å². The summed E-state index contributed by atoms with van der Waals surface area (Å²) in [7, 11) is 0. The lowest BCUT2D eigenvalue weighted by molar-refractivity contribution is 0.673. The number of pyridine rings is 2. The Hall–Kier alpha value is -0.970. The largest absolute Gasteiger partial charge is 0.311 e. The molecule has 2 heterocycles. The number of nitrogens with one attached hydrogen (secondary N) is 1. The van der Waals surface area contributed by atoms with Crippen molar-refractivity contribution in [2.45, 2.75) is 19.9 Å². The number of rotatable bonds is 5. The summed E-state index contributed by atoms with van der Waals surface area (Å²) in [5.74, 6) is 0. The second kappa shape index (κ2) is 6.98. The summed E-state index contributed by atoms with van der Waals surface area (Å²) >= 11 is 9.45. The number of halogens is 2. The van der Waals surface area contributed by atoms with E-state index in [4.69, 9.17) is 11.6 Å². The van der Waals surface area contributed by atoms with Crippen LogP contribution in [0.5, 0.6) is 0 Å². The maximum Gasteiger partial charge on any atom is 0.0728 e. The van der Waals surface area contributed by atoms with Crippen molar-refractivity contribution >= 4 is 27.5 Å². The van der Waals surface area contributed by atoms with Crippen molar-refractivity contribution in [1.29, 1.82) is 0 Å². The van der Waals surface area contributed by atoms with E-state index in [9.17, 15) is 0 Å². The van der Waals surface area contributed by atoms with Crippen LogP contribution >= 0.6 is 27.5 Å². The Bertz CT molecular complexity index is 560. The lowest BCUT2D eigenvalue weighted by atomic mass is 10.1. The van der Waals surface area contributed by atoms with Gasteiger partial charge in [-0.15, -0.1) is 0 Å². The van der Waals surface area contributed by atoms with E-state index < -0.39 is 0 Å². The molecule has 0 aliphatic carbocycles. The van der Waals surface area contributed by atoms with Gasteiger partial charge in [-0.25, -0.2) is 0 Å². The molecule has 3 nitrogen and oxygen atoms in total. The van der Waals surface area contributed by atoms with Crippen molar-refractivity contribution in [3.05, 3.63) is 57.0 Å². The van der Waals surface area contributed by atoms with E-state index in [2.05, 4.69) is 44.2 Å². The van der Waals surface area contributed by atoms with Crippen LogP contribution in [0.4, 0.5) is 0 Å². The molecule has 1 N–H and O–H groups in total. The molecule has 0 fully saturated rings. The molecule has 2 rings (SSSR count). The van der Waals surface area contributed by atoms with Crippen LogP contribution in [0.15, 0.2) is 35.2 Å². The molecule has 0 amide bonds. The van der Waals surface area contributed by atoms with Gasteiger partial charge in [0.05, 0.1) is 10.7 Å². The molecule has 2 aromatic heterocycles. The minimum Gasteiger partial charge on any atom is -0.311 e. The van der Waals surface area contributed by atoms with Gasteiger partial charge in [-0.2, -0.15) is 0 Å². The van der Waals surface area contributed by atoms with Crippen molar-refractivity contribution in [1.82, 2.24) is 15.3 Å². The SMILES string of the molecule is Cc1cnccc1CCNCc1ncc(Br)cc1Cl. The lowest BCUT2D eigenvalue weighted by Gasteiger charge is -2.07. The highest BCUT2D eigenvalue weighted by Crippen LogP contribution is 2.18. The Balaban J connectivity index is 1.83. The van der Waals surface area contributed by atoms with Crippen molar-refractivity contribution in [2.24, 2.45) is 0 Å². The van der Waals surface area contributed by atoms with E-state index >= 15 is 0 Å². The molecule has 0 atom stereocenters. The van der Waals surface area contributed by atoms with E-state index in [0.29, 0.717) is 11.6 Å². The zero-order valence-electron chi connectivity index (χ0n) is 10.7. The highest BCUT2D eigenvalue weighted by Gasteiger charge is 2.03.